The summed E-state index contributed by atoms with van der Waals surface area (Å²) >= 11 is 5.83. The van der Waals surface area contributed by atoms with Crippen LogP contribution in [0.25, 0.3) is 0 Å². The largest absolute Gasteiger partial charge is 0.383 e. The van der Waals surface area contributed by atoms with Gasteiger partial charge in [-0.1, -0.05) is 29.8 Å². The molecule has 0 aliphatic carbocycles. The molecule has 0 unspecified atom stereocenters. The van der Waals surface area contributed by atoms with Crippen molar-refractivity contribution in [3.63, 3.8) is 0 Å². The lowest BCUT2D eigenvalue weighted by molar-refractivity contribution is 0.102. The zero-order valence-corrected chi connectivity index (χ0v) is 14.6. The highest BCUT2D eigenvalue weighted by molar-refractivity contribution is 6.30. The summed E-state index contributed by atoms with van der Waals surface area (Å²) in [5.41, 5.74) is 2.42. The van der Waals surface area contributed by atoms with Crippen molar-refractivity contribution in [3.05, 3.63) is 89.0 Å². The van der Waals surface area contributed by atoms with Crippen molar-refractivity contribution in [1.82, 2.24) is 4.98 Å². The number of anilines is 2. The van der Waals surface area contributed by atoms with Crippen LogP contribution in [-0.2, 0) is 6.42 Å². The van der Waals surface area contributed by atoms with Gasteiger partial charge >= 0.3 is 0 Å². The van der Waals surface area contributed by atoms with E-state index in [0.29, 0.717) is 40.5 Å². The highest BCUT2D eigenvalue weighted by atomic mass is 35.5. The highest BCUT2D eigenvalue weighted by Crippen LogP contribution is 2.16. The summed E-state index contributed by atoms with van der Waals surface area (Å²) in [5, 5.41) is 6.55. The number of halogens is 2. The normalized spacial score (nSPS) is 10.4. The van der Waals surface area contributed by atoms with Crippen LogP contribution in [0.15, 0.2) is 67.0 Å². The lowest BCUT2D eigenvalue weighted by atomic mass is 10.1. The third-order valence-electron chi connectivity index (χ3n) is 3.78. The van der Waals surface area contributed by atoms with Crippen LogP contribution in [0.4, 0.5) is 15.8 Å². The number of nitrogens with one attached hydrogen (secondary N) is 2. The number of hydrogen-bond donors (Lipinski definition) is 2. The van der Waals surface area contributed by atoms with Gasteiger partial charge in [-0.2, -0.15) is 0 Å². The number of amides is 1. The fraction of sp³-hybridized carbons (Fsp3) is 0.100. The molecule has 6 heteroatoms. The third-order valence-corrected chi connectivity index (χ3v) is 4.04. The average Bonchev–Trinajstić information content (AvgIpc) is 2.65. The predicted octanol–water partition coefficient (Wildman–Crippen LogP) is 4.78. The summed E-state index contributed by atoms with van der Waals surface area (Å²) < 4.78 is 13.6. The molecule has 1 aromatic heterocycles. The first-order valence-electron chi connectivity index (χ1n) is 8.11. The molecule has 0 fully saturated rings. The maximum absolute atomic E-state index is 13.6. The molecule has 2 N–H and O–H groups in total. The molecule has 4 nitrogen and oxygen atoms in total. The number of nitrogens with zero attached hydrogens (tertiary/aromatic N) is 1. The van der Waals surface area contributed by atoms with Crippen LogP contribution in [0, 0.1) is 5.82 Å². The Morgan fingerprint density at radius 3 is 2.58 bits per heavy atom. The molecule has 3 rings (SSSR count). The van der Waals surface area contributed by atoms with E-state index in [4.69, 9.17) is 11.6 Å². The first-order chi connectivity index (χ1) is 12.6. The topological polar surface area (TPSA) is 54.0 Å². The van der Waals surface area contributed by atoms with Crippen molar-refractivity contribution in [2.75, 3.05) is 17.2 Å². The Hall–Kier alpha value is -2.92. The quantitative estimate of drug-likeness (QED) is 0.657. The van der Waals surface area contributed by atoms with Crippen LogP contribution >= 0.6 is 11.6 Å². The molecule has 0 saturated heterocycles. The second-order valence-electron chi connectivity index (χ2n) is 5.69. The van der Waals surface area contributed by atoms with Gasteiger partial charge in [0.05, 0.1) is 11.3 Å². The minimum Gasteiger partial charge on any atom is -0.383 e. The standard InChI is InChI=1S/C20H17ClFN3O/c21-16-5-7-17(8-6-16)25-20(26)15-11-18(13-23-12-15)24-10-9-14-3-1-2-4-19(14)22/h1-8,11-13,24H,9-10H2,(H,25,26). The van der Waals surface area contributed by atoms with Crippen molar-refractivity contribution >= 4 is 28.9 Å². The van der Waals surface area contributed by atoms with Gasteiger partial charge in [0, 0.05) is 29.6 Å². The molecule has 132 valence electrons. The molecule has 0 bridgehead atoms. The van der Waals surface area contributed by atoms with E-state index < -0.39 is 0 Å². The molecule has 2 aromatic carbocycles. The lowest BCUT2D eigenvalue weighted by Gasteiger charge is -2.09. The number of benzene rings is 2. The maximum atomic E-state index is 13.6. The zero-order chi connectivity index (χ0) is 18.4. The van der Waals surface area contributed by atoms with E-state index in [1.165, 1.54) is 12.3 Å². The molecule has 1 heterocycles. The predicted molar refractivity (Wildman–Crippen MR) is 102 cm³/mol. The number of carbonyl (C=O) groups excluding carboxylic acids is 1. The summed E-state index contributed by atoms with van der Waals surface area (Å²) in [4.78, 5) is 16.4. The van der Waals surface area contributed by atoms with E-state index >= 15 is 0 Å². The molecule has 0 radical (unpaired) electrons. The van der Waals surface area contributed by atoms with Gasteiger partial charge in [-0.25, -0.2) is 4.39 Å². The summed E-state index contributed by atoms with van der Waals surface area (Å²) in [6.07, 6.45) is 3.65. The lowest BCUT2D eigenvalue weighted by Crippen LogP contribution is -2.13. The van der Waals surface area contributed by atoms with Gasteiger partial charge in [0.2, 0.25) is 0 Å². The first kappa shape index (κ1) is 17.9. The molecule has 1 amide bonds. The molecule has 26 heavy (non-hydrogen) atoms. The average molecular weight is 370 g/mol. The number of rotatable bonds is 6. The molecular formula is C20H17ClFN3O. The summed E-state index contributed by atoms with van der Waals surface area (Å²) in [7, 11) is 0. The highest BCUT2D eigenvalue weighted by Gasteiger charge is 2.08. The second kappa shape index (κ2) is 8.45. The molecule has 0 aliphatic heterocycles. The van der Waals surface area contributed by atoms with Crippen LogP contribution in [0.1, 0.15) is 15.9 Å². The number of carbonyl (C=O) groups is 1. The zero-order valence-electron chi connectivity index (χ0n) is 13.9. The smallest absolute Gasteiger partial charge is 0.257 e. The van der Waals surface area contributed by atoms with Crippen molar-refractivity contribution in [2.24, 2.45) is 0 Å². The van der Waals surface area contributed by atoms with Crippen LogP contribution in [0.3, 0.4) is 0 Å². The Bertz CT molecular complexity index is 900. The molecular weight excluding hydrogens is 353 g/mol. The van der Waals surface area contributed by atoms with E-state index in [2.05, 4.69) is 15.6 Å². The van der Waals surface area contributed by atoms with E-state index in [1.54, 1.807) is 48.7 Å². The second-order valence-corrected chi connectivity index (χ2v) is 6.13. The van der Waals surface area contributed by atoms with Gasteiger partial charge < -0.3 is 10.6 Å². The Morgan fingerprint density at radius 2 is 1.81 bits per heavy atom. The maximum Gasteiger partial charge on any atom is 0.257 e. The van der Waals surface area contributed by atoms with E-state index in [9.17, 15) is 9.18 Å². The van der Waals surface area contributed by atoms with Crippen molar-refractivity contribution < 1.29 is 9.18 Å². The van der Waals surface area contributed by atoms with Crippen LogP contribution in [-0.4, -0.2) is 17.4 Å². The van der Waals surface area contributed by atoms with Gasteiger partial charge in [0.1, 0.15) is 5.82 Å². The fourth-order valence-electron chi connectivity index (χ4n) is 2.44. The van der Waals surface area contributed by atoms with Gasteiger partial charge in [-0.3, -0.25) is 9.78 Å². The molecule has 0 atom stereocenters. The Balaban J connectivity index is 1.59. The number of hydrogen-bond acceptors (Lipinski definition) is 3. The summed E-state index contributed by atoms with van der Waals surface area (Å²) in [5.74, 6) is -0.485. The minimum absolute atomic E-state index is 0.219. The Labute approximate surface area is 156 Å². The summed E-state index contributed by atoms with van der Waals surface area (Å²) in [6, 6.07) is 15.2. The number of pyridine rings is 1. The minimum atomic E-state index is -0.266. The first-order valence-corrected chi connectivity index (χ1v) is 8.49. The molecule has 0 spiro atoms. The van der Waals surface area contributed by atoms with Crippen molar-refractivity contribution in [3.8, 4) is 0 Å². The molecule has 0 saturated carbocycles. The molecule has 3 aromatic rings. The van der Waals surface area contributed by atoms with Crippen molar-refractivity contribution in [1.29, 1.82) is 0 Å². The Morgan fingerprint density at radius 1 is 1.04 bits per heavy atom. The monoisotopic (exact) mass is 369 g/mol. The van der Waals surface area contributed by atoms with Gasteiger partial charge in [0.25, 0.3) is 5.91 Å². The third kappa shape index (κ3) is 4.80. The van der Waals surface area contributed by atoms with Crippen LogP contribution < -0.4 is 10.6 Å². The number of aromatic nitrogens is 1. The van der Waals surface area contributed by atoms with Gasteiger partial charge in [-0.15, -0.1) is 0 Å². The van der Waals surface area contributed by atoms with E-state index in [1.807, 2.05) is 6.07 Å². The Kier molecular flexibility index (Phi) is 5.81. The SMILES string of the molecule is O=C(Nc1ccc(Cl)cc1)c1cncc(NCCc2ccccc2F)c1. The van der Waals surface area contributed by atoms with E-state index in [0.717, 1.165) is 0 Å². The summed E-state index contributed by atoms with van der Waals surface area (Å²) in [6.45, 7) is 0.533. The van der Waals surface area contributed by atoms with Crippen LogP contribution in [0.5, 0.6) is 0 Å². The van der Waals surface area contributed by atoms with Crippen LogP contribution in [0.2, 0.25) is 5.02 Å². The van der Waals surface area contributed by atoms with Gasteiger partial charge in [-0.05, 0) is 48.4 Å². The van der Waals surface area contributed by atoms with Gasteiger partial charge in [0.15, 0.2) is 0 Å². The molecule has 0 aliphatic rings. The van der Waals surface area contributed by atoms with Crippen molar-refractivity contribution in [2.45, 2.75) is 6.42 Å². The fourth-order valence-corrected chi connectivity index (χ4v) is 2.57. The van der Waals surface area contributed by atoms with E-state index in [-0.39, 0.29) is 11.7 Å².